The van der Waals surface area contributed by atoms with Crippen molar-refractivity contribution < 1.29 is 0 Å². The Morgan fingerprint density at radius 3 is 1.27 bits per heavy atom. The lowest BCUT2D eigenvalue weighted by Gasteiger charge is -2.35. The van der Waals surface area contributed by atoms with Gasteiger partial charge in [-0.1, -0.05) is 96.2 Å². The zero-order valence-corrected chi connectivity index (χ0v) is 22.3. The Morgan fingerprint density at radius 1 is 0.600 bits per heavy atom. The number of hydrogen-bond donors (Lipinski definition) is 0. The maximum absolute atomic E-state index is 2.64. The Morgan fingerprint density at radius 2 is 0.933 bits per heavy atom. The molecule has 0 aromatic heterocycles. The van der Waals surface area contributed by atoms with Crippen molar-refractivity contribution >= 4 is 26.5 Å². The number of benzene rings is 1. The molecular weight excluding hydrogens is 392 g/mol. The predicted molar refractivity (Wildman–Crippen MR) is 137 cm³/mol. The van der Waals surface area contributed by atoms with E-state index < -0.39 is 16.1 Å². The van der Waals surface area contributed by atoms with Gasteiger partial charge < -0.3 is 0 Å². The van der Waals surface area contributed by atoms with E-state index in [1.807, 2.05) is 21.5 Å². The van der Waals surface area contributed by atoms with Gasteiger partial charge in [0.15, 0.2) is 0 Å². The third kappa shape index (κ3) is 2.96. The van der Waals surface area contributed by atoms with Crippen molar-refractivity contribution in [3.63, 3.8) is 0 Å². The number of hydrogen-bond acceptors (Lipinski definition) is 0. The first-order chi connectivity index (χ1) is 14.3. The number of allylic oxidation sites excluding steroid dienone is 4. The van der Waals surface area contributed by atoms with Gasteiger partial charge in [-0.15, -0.1) is 0 Å². The zero-order chi connectivity index (χ0) is 21.3. The minimum Gasteiger partial charge on any atom is -0.0735 e. The van der Waals surface area contributed by atoms with Gasteiger partial charge in [0.25, 0.3) is 0 Å². The molecule has 4 unspecified atom stereocenters. The van der Waals surface area contributed by atoms with Crippen LogP contribution in [-0.4, -0.2) is 16.1 Å². The molecule has 0 spiro atoms. The van der Waals surface area contributed by atoms with Gasteiger partial charge in [0.05, 0.1) is 0 Å². The molecule has 2 fully saturated rings. The van der Waals surface area contributed by atoms with E-state index in [1.165, 1.54) is 51.4 Å². The molecule has 2 heteroatoms. The van der Waals surface area contributed by atoms with Crippen molar-refractivity contribution in [3.05, 3.63) is 45.8 Å². The Bertz CT molecular complexity index is 824. The molecule has 1 aromatic rings. The lowest BCUT2D eigenvalue weighted by Crippen LogP contribution is -2.49. The molecule has 0 aliphatic heterocycles. The first-order valence-corrected chi connectivity index (χ1v) is 18.9. The van der Waals surface area contributed by atoms with E-state index in [4.69, 9.17) is 0 Å². The molecule has 0 amide bonds. The van der Waals surface area contributed by atoms with Crippen LogP contribution in [0.2, 0.25) is 26.2 Å². The number of rotatable bonds is 6. The highest BCUT2D eigenvalue weighted by molar-refractivity contribution is 6.97. The van der Waals surface area contributed by atoms with Gasteiger partial charge >= 0.3 is 0 Å². The van der Waals surface area contributed by atoms with E-state index in [9.17, 15) is 0 Å². The van der Waals surface area contributed by atoms with E-state index in [0.717, 1.165) is 23.7 Å². The van der Waals surface area contributed by atoms with Crippen molar-refractivity contribution in [1.82, 2.24) is 0 Å². The second kappa shape index (κ2) is 7.34. The van der Waals surface area contributed by atoms with Crippen LogP contribution in [0.1, 0.15) is 65.2 Å². The monoisotopic (exact) mass is 434 g/mol. The molecule has 2 saturated carbocycles. The van der Waals surface area contributed by atoms with Crippen LogP contribution < -0.4 is 10.4 Å². The molecule has 0 radical (unpaired) electrons. The quantitative estimate of drug-likeness (QED) is 0.429. The summed E-state index contributed by atoms with van der Waals surface area (Å²) in [6.45, 7) is 15.4. The molecule has 162 valence electrons. The maximum Gasteiger partial charge on any atom is 0.107 e. The summed E-state index contributed by atoms with van der Waals surface area (Å²) < 4.78 is 0. The van der Waals surface area contributed by atoms with Gasteiger partial charge in [-0.25, -0.2) is 0 Å². The Hall–Kier alpha value is -0.866. The van der Waals surface area contributed by atoms with E-state index >= 15 is 0 Å². The standard InChI is InChI=1S/C28H42Si2/c1-7-25-19-9-11-21(17-19)27(25)29(3,4)23-13-15-24(16-14-23)30(5,6)28-22-12-10-20(18-22)26(28)8-2/h13-16,19-22H,7-12,17-18H2,1-6H3. The lowest BCUT2D eigenvalue weighted by atomic mass is 9.96. The third-order valence-corrected chi connectivity index (χ3v) is 17.5. The summed E-state index contributed by atoms with van der Waals surface area (Å²) in [6, 6.07) is 10.3. The fourth-order valence-corrected chi connectivity index (χ4v) is 16.0. The van der Waals surface area contributed by atoms with Crippen LogP contribution in [0.3, 0.4) is 0 Å². The molecule has 0 N–H and O–H groups in total. The van der Waals surface area contributed by atoms with Crippen molar-refractivity contribution in [1.29, 1.82) is 0 Å². The van der Waals surface area contributed by atoms with Gasteiger partial charge in [0.1, 0.15) is 16.1 Å². The summed E-state index contributed by atoms with van der Waals surface area (Å²) in [5.41, 5.74) is 3.75. The van der Waals surface area contributed by atoms with Crippen molar-refractivity contribution in [2.75, 3.05) is 0 Å². The van der Waals surface area contributed by atoms with Crippen molar-refractivity contribution in [2.45, 2.75) is 91.4 Å². The average molecular weight is 435 g/mol. The molecule has 0 heterocycles. The molecule has 4 bridgehead atoms. The second-order valence-electron chi connectivity index (χ2n) is 11.8. The highest BCUT2D eigenvalue weighted by Gasteiger charge is 2.47. The fraction of sp³-hybridized carbons (Fsp3) is 0.643. The van der Waals surface area contributed by atoms with Crippen LogP contribution in [-0.2, 0) is 0 Å². The second-order valence-corrected chi connectivity index (χ2v) is 20.6. The Kier molecular flexibility index (Phi) is 5.14. The molecule has 4 aliphatic rings. The van der Waals surface area contributed by atoms with Gasteiger partial charge in [-0.3, -0.25) is 0 Å². The van der Waals surface area contributed by atoms with Crippen LogP contribution in [0.5, 0.6) is 0 Å². The highest BCUT2D eigenvalue weighted by atomic mass is 28.3. The highest BCUT2D eigenvalue weighted by Crippen LogP contribution is 2.53. The summed E-state index contributed by atoms with van der Waals surface area (Å²) in [6.07, 6.45) is 11.4. The number of fused-ring (bicyclic) bond motifs is 4. The summed E-state index contributed by atoms with van der Waals surface area (Å²) in [4.78, 5) is 0. The third-order valence-electron chi connectivity index (χ3n) is 9.80. The van der Waals surface area contributed by atoms with Crippen LogP contribution in [0.15, 0.2) is 45.8 Å². The first-order valence-electron chi connectivity index (χ1n) is 12.9. The largest absolute Gasteiger partial charge is 0.107 e. The molecule has 4 aliphatic carbocycles. The van der Waals surface area contributed by atoms with E-state index in [2.05, 4.69) is 64.3 Å². The average Bonchev–Trinajstić information content (AvgIpc) is 3.52. The summed E-state index contributed by atoms with van der Waals surface area (Å²) in [5, 5.41) is 7.27. The van der Waals surface area contributed by atoms with Crippen LogP contribution in [0.25, 0.3) is 0 Å². The lowest BCUT2D eigenvalue weighted by molar-refractivity contribution is 0.634. The zero-order valence-electron chi connectivity index (χ0n) is 20.3. The van der Waals surface area contributed by atoms with E-state index in [1.54, 1.807) is 10.4 Å². The molecule has 5 rings (SSSR count). The van der Waals surface area contributed by atoms with Crippen molar-refractivity contribution in [2.24, 2.45) is 23.7 Å². The summed E-state index contributed by atoms with van der Waals surface area (Å²) in [7, 11) is -3.10. The predicted octanol–water partition coefficient (Wildman–Crippen LogP) is 6.87. The molecule has 1 aromatic carbocycles. The van der Waals surface area contributed by atoms with Crippen LogP contribution in [0, 0.1) is 23.7 Å². The molecule has 30 heavy (non-hydrogen) atoms. The van der Waals surface area contributed by atoms with E-state index in [-0.39, 0.29) is 0 Å². The summed E-state index contributed by atoms with van der Waals surface area (Å²) >= 11 is 0. The SMILES string of the molecule is CCC1=C([Si](C)(C)c2ccc([Si](C)(C)C3=C(CC)C4CCC3C4)cc2)C2CCC1C2. The molecular formula is C28H42Si2. The summed E-state index contributed by atoms with van der Waals surface area (Å²) in [5.74, 6) is 3.71. The van der Waals surface area contributed by atoms with Crippen molar-refractivity contribution in [3.8, 4) is 0 Å². The first kappa shape index (κ1) is 21.0. The molecule has 0 saturated heterocycles. The minimum absolute atomic E-state index is 0.920. The smallest absolute Gasteiger partial charge is 0.0735 e. The minimum atomic E-state index is -1.55. The van der Waals surface area contributed by atoms with Gasteiger partial charge in [0, 0.05) is 0 Å². The van der Waals surface area contributed by atoms with Crippen LogP contribution >= 0.6 is 0 Å². The van der Waals surface area contributed by atoms with Gasteiger partial charge in [-0.2, -0.15) is 0 Å². The normalized spacial score (nSPS) is 30.9. The van der Waals surface area contributed by atoms with Gasteiger partial charge in [-0.05, 0) is 75.0 Å². The maximum atomic E-state index is 2.64. The Labute approximate surface area is 187 Å². The van der Waals surface area contributed by atoms with E-state index in [0.29, 0.717) is 0 Å². The topological polar surface area (TPSA) is 0 Å². The van der Waals surface area contributed by atoms with Crippen LogP contribution in [0.4, 0.5) is 0 Å². The molecule has 4 atom stereocenters. The fourth-order valence-electron chi connectivity index (χ4n) is 8.48. The van der Waals surface area contributed by atoms with Gasteiger partial charge in [0.2, 0.25) is 0 Å². The Balaban J connectivity index is 1.48. The molecule has 0 nitrogen and oxygen atoms in total.